The molecule has 1 amide bonds. The molecule has 29 heavy (non-hydrogen) atoms. The van der Waals surface area contributed by atoms with Gasteiger partial charge in [0.15, 0.2) is 5.75 Å². The molecule has 0 unspecified atom stereocenters. The molecule has 2 aromatic heterocycles. The number of nitrogens with two attached hydrogens (primary N) is 1. The summed E-state index contributed by atoms with van der Waals surface area (Å²) < 4.78 is 60.4. The summed E-state index contributed by atoms with van der Waals surface area (Å²) >= 11 is 0. The number of fused-ring (bicyclic) bond motifs is 1. The van der Waals surface area contributed by atoms with Crippen molar-refractivity contribution in [2.45, 2.75) is 25.1 Å². The van der Waals surface area contributed by atoms with Gasteiger partial charge in [-0.25, -0.2) is 18.7 Å². The summed E-state index contributed by atoms with van der Waals surface area (Å²) in [5, 5.41) is 3.98. The minimum Gasteiger partial charge on any atom is -0.405 e. The normalized spacial score (nSPS) is 17.1. The predicted molar refractivity (Wildman–Crippen MR) is 93.9 cm³/mol. The molecule has 4 rings (SSSR count). The van der Waals surface area contributed by atoms with Gasteiger partial charge in [0.1, 0.15) is 11.6 Å². The third-order valence-electron chi connectivity index (χ3n) is 4.76. The van der Waals surface area contributed by atoms with E-state index in [1.807, 2.05) is 0 Å². The molecule has 0 bridgehead atoms. The first-order valence-electron chi connectivity index (χ1n) is 8.69. The van der Waals surface area contributed by atoms with Crippen molar-refractivity contribution in [3.8, 4) is 5.75 Å². The number of halogens is 4. The largest absolute Gasteiger partial charge is 0.416 e. The third-order valence-corrected chi connectivity index (χ3v) is 4.76. The van der Waals surface area contributed by atoms with Gasteiger partial charge in [-0.1, -0.05) is 0 Å². The number of carbonyl (C=O) groups excluding carboxylic acids is 1. The summed E-state index contributed by atoms with van der Waals surface area (Å²) in [6, 6.07) is 3.35. The number of carbonyl (C=O) groups is 1. The maximum atomic E-state index is 13.8. The second kappa shape index (κ2) is 6.90. The number of rotatable bonds is 3. The van der Waals surface area contributed by atoms with Crippen molar-refractivity contribution in [3.05, 3.63) is 53.6 Å². The van der Waals surface area contributed by atoms with Gasteiger partial charge >= 0.3 is 12.3 Å². The van der Waals surface area contributed by atoms with Crippen molar-refractivity contribution in [2.24, 2.45) is 5.73 Å². The summed E-state index contributed by atoms with van der Waals surface area (Å²) in [5.41, 5.74) is 4.19. The molecule has 1 saturated heterocycles. The molecule has 0 spiro atoms. The second-order valence-electron chi connectivity index (χ2n) is 6.56. The van der Waals surface area contributed by atoms with E-state index < -0.39 is 29.7 Å². The number of hydrogen-bond donors (Lipinski definition) is 1. The molecule has 0 aliphatic carbocycles. The fourth-order valence-corrected chi connectivity index (χ4v) is 3.61. The molecule has 3 aromatic rings. The molecule has 11 heteroatoms. The third kappa shape index (κ3) is 3.55. The molecule has 152 valence electrons. The van der Waals surface area contributed by atoms with Gasteiger partial charge in [-0.05, 0) is 42.7 Å². The lowest BCUT2D eigenvalue weighted by Crippen LogP contribution is -2.26. The lowest BCUT2D eigenvalue weighted by Gasteiger charge is -2.28. The van der Waals surface area contributed by atoms with Gasteiger partial charge in [0.25, 0.3) is 0 Å². The molecular formula is C18H15F4N5O2. The van der Waals surface area contributed by atoms with Crippen molar-refractivity contribution in [3.63, 3.8) is 0 Å². The highest BCUT2D eigenvalue weighted by Gasteiger charge is 2.38. The summed E-state index contributed by atoms with van der Waals surface area (Å²) in [6.07, 6.45) is -1.84. The van der Waals surface area contributed by atoms with Gasteiger partial charge in [-0.3, -0.25) is 0 Å². The molecule has 1 aliphatic rings. The van der Waals surface area contributed by atoms with Crippen LogP contribution in [0.3, 0.4) is 0 Å². The Morgan fingerprint density at radius 3 is 2.79 bits per heavy atom. The molecule has 7 nitrogen and oxygen atoms in total. The van der Waals surface area contributed by atoms with Gasteiger partial charge in [-0.2, -0.15) is 18.3 Å². The Morgan fingerprint density at radius 1 is 1.28 bits per heavy atom. The highest BCUT2D eigenvalue weighted by molar-refractivity contribution is 5.71. The topological polar surface area (TPSA) is 85.8 Å². The number of benzene rings is 1. The first-order valence-corrected chi connectivity index (χ1v) is 8.69. The van der Waals surface area contributed by atoms with Crippen LogP contribution in [0.15, 0.2) is 36.7 Å². The monoisotopic (exact) mass is 409 g/mol. The molecule has 1 aliphatic heterocycles. The van der Waals surface area contributed by atoms with Gasteiger partial charge in [-0.15, -0.1) is 0 Å². The molecule has 0 saturated carbocycles. The van der Waals surface area contributed by atoms with Crippen molar-refractivity contribution < 1.29 is 27.1 Å². The lowest BCUT2D eigenvalue weighted by atomic mass is 9.97. The van der Waals surface area contributed by atoms with Crippen molar-refractivity contribution in [2.75, 3.05) is 11.4 Å². The van der Waals surface area contributed by atoms with E-state index in [1.54, 1.807) is 11.0 Å². The molecule has 1 aromatic carbocycles. The molecule has 3 heterocycles. The van der Waals surface area contributed by atoms with Crippen LogP contribution >= 0.6 is 0 Å². The fourth-order valence-electron chi connectivity index (χ4n) is 3.61. The predicted octanol–water partition coefficient (Wildman–Crippen LogP) is 3.69. The Balaban J connectivity index is 1.76. The quantitative estimate of drug-likeness (QED) is 0.667. The minimum atomic E-state index is -4.61. The Bertz CT molecular complexity index is 1080. The van der Waals surface area contributed by atoms with E-state index >= 15 is 0 Å². The van der Waals surface area contributed by atoms with E-state index in [1.165, 1.54) is 16.9 Å². The lowest BCUT2D eigenvalue weighted by molar-refractivity contribution is -0.138. The van der Waals surface area contributed by atoms with Crippen LogP contribution in [0.2, 0.25) is 0 Å². The van der Waals surface area contributed by atoms with E-state index in [4.69, 9.17) is 10.5 Å². The molecular weight excluding hydrogens is 394 g/mol. The van der Waals surface area contributed by atoms with Gasteiger partial charge in [0.2, 0.25) is 5.65 Å². The zero-order valence-corrected chi connectivity index (χ0v) is 14.9. The van der Waals surface area contributed by atoms with Gasteiger partial charge < -0.3 is 15.4 Å². The highest BCUT2D eigenvalue weighted by atomic mass is 19.4. The Kier molecular flexibility index (Phi) is 4.52. The van der Waals surface area contributed by atoms with E-state index in [0.29, 0.717) is 25.2 Å². The second-order valence-corrected chi connectivity index (χ2v) is 6.56. The zero-order chi connectivity index (χ0) is 20.8. The van der Waals surface area contributed by atoms with E-state index in [-0.39, 0.29) is 17.0 Å². The number of primary amides is 1. The summed E-state index contributed by atoms with van der Waals surface area (Å²) in [5.74, 6) is -0.361. The van der Waals surface area contributed by atoms with Crippen molar-refractivity contribution >= 4 is 17.6 Å². The first kappa shape index (κ1) is 19.0. The van der Waals surface area contributed by atoms with Crippen LogP contribution in [-0.4, -0.2) is 27.2 Å². The number of aromatic nitrogens is 3. The van der Waals surface area contributed by atoms with Crippen molar-refractivity contribution in [1.82, 2.24) is 14.6 Å². The number of alkyl halides is 3. The number of anilines is 1. The zero-order valence-electron chi connectivity index (χ0n) is 14.9. The van der Waals surface area contributed by atoms with Crippen LogP contribution in [0.25, 0.3) is 5.65 Å². The van der Waals surface area contributed by atoms with E-state index in [9.17, 15) is 22.4 Å². The van der Waals surface area contributed by atoms with Crippen LogP contribution < -0.4 is 15.4 Å². The standard InChI is InChI=1S/C18H15F4N5O2/c19-10-3-4-12(18(20,21)22)11(8-10)13-2-1-6-26(13)15-5-7-27-16(25-15)14(9-24-27)29-17(23)28/h3-5,7-9,13H,1-2,6H2,(H2,23,28)/t13-/m1/s1. The summed E-state index contributed by atoms with van der Waals surface area (Å²) in [6.45, 7) is 0.432. The highest BCUT2D eigenvalue weighted by Crippen LogP contribution is 2.42. The average molecular weight is 409 g/mol. The van der Waals surface area contributed by atoms with Crippen LogP contribution in [0.5, 0.6) is 5.75 Å². The maximum Gasteiger partial charge on any atom is 0.416 e. The molecule has 1 fully saturated rings. The smallest absolute Gasteiger partial charge is 0.405 e. The van der Waals surface area contributed by atoms with Gasteiger partial charge in [0.05, 0.1) is 17.8 Å². The summed E-state index contributed by atoms with van der Waals surface area (Å²) in [4.78, 5) is 17.1. The number of nitrogens with zero attached hydrogens (tertiary/aromatic N) is 4. The summed E-state index contributed by atoms with van der Waals surface area (Å²) in [7, 11) is 0. The minimum absolute atomic E-state index is 0.0248. The van der Waals surface area contributed by atoms with Crippen LogP contribution in [0, 0.1) is 5.82 Å². The van der Waals surface area contributed by atoms with E-state index in [2.05, 4.69) is 10.1 Å². The van der Waals surface area contributed by atoms with Crippen LogP contribution in [0.4, 0.5) is 28.2 Å². The SMILES string of the molecule is NC(=O)Oc1cnn2ccc(N3CCC[C@@H]3c3cc(F)ccc3C(F)(F)F)nc12. The average Bonchev–Trinajstić information content (AvgIpc) is 3.27. The van der Waals surface area contributed by atoms with Crippen LogP contribution in [-0.2, 0) is 6.18 Å². The Hall–Kier alpha value is -3.37. The number of amides is 1. The number of ether oxygens (including phenoxy) is 1. The first-order chi connectivity index (χ1) is 13.7. The fraction of sp³-hybridized carbons (Fsp3) is 0.278. The van der Waals surface area contributed by atoms with Crippen molar-refractivity contribution in [1.29, 1.82) is 0 Å². The molecule has 1 atom stereocenters. The Labute approximate surface area is 161 Å². The number of hydrogen-bond acceptors (Lipinski definition) is 5. The van der Waals surface area contributed by atoms with Gasteiger partial charge in [0, 0.05) is 12.7 Å². The molecule has 0 radical (unpaired) electrons. The molecule has 2 N–H and O–H groups in total. The van der Waals surface area contributed by atoms with E-state index in [0.717, 1.165) is 18.2 Å². The maximum absolute atomic E-state index is 13.8. The van der Waals surface area contributed by atoms with Crippen LogP contribution in [0.1, 0.15) is 30.0 Å². The Morgan fingerprint density at radius 2 is 2.07 bits per heavy atom.